The van der Waals surface area contributed by atoms with Crippen molar-refractivity contribution in [2.75, 3.05) is 201 Å². The fraction of sp³-hybridized carbons (Fsp3) is 0.556. The lowest BCUT2D eigenvalue weighted by Crippen LogP contribution is -2.10. The van der Waals surface area contributed by atoms with Crippen LogP contribution in [0, 0.1) is 0 Å². The van der Waals surface area contributed by atoms with Crippen molar-refractivity contribution in [1.29, 1.82) is 0 Å². The van der Waals surface area contributed by atoms with Crippen molar-refractivity contribution in [3.05, 3.63) is 47.2 Å². The summed E-state index contributed by atoms with van der Waals surface area (Å²) in [6.45, 7) is 10.4. The van der Waals surface area contributed by atoms with Gasteiger partial charge in [-0.05, 0) is 17.5 Å². The highest BCUT2D eigenvalue weighted by molar-refractivity contribution is 7.31. The van der Waals surface area contributed by atoms with Crippen molar-refractivity contribution in [3.63, 3.8) is 0 Å². The van der Waals surface area contributed by atoms with Crippen LogP contribution in [0.25, 0.3) is 48.8 Å². The second-order valence-electron chi connectivity index (χ2n) is 16.2. The molecule has 0 N–H and O–H groups in total. The fourth-order valence-electron chi connectivity index (χ4n) is 6.90. The van der Waals surface area contributed by atoms with Crippen molar-refractivity contribution < 1.29 is 85.3 Å². The van der Waals surface area contributed by atoms with Gasteiger partial charge >= 0.3 is 0 Å². The highest BCUT2D eigenvalue weighted by atomic mass is 32.1. The normalized spacial score (nSPS) is 11.5. The molecular formula is C54H74O18S6. The molecule has 0 aliphatic carbocycles. The van der Waals surface area contributed by atoms with Gasteiger partial charge < -0.3 is 85.3 Å². The molecule has 0 amide bonds. The predicted molar refractivity (Wildman–Crippen MR) is 310 cm³/mol. The molecule has 0 spiro atoms. The van der Waals surface area contributed by atoms with E-state index in [4.69, 9.17) is 85.3 Å². The molecule has 24 heteroatoms. The summed E-state index contributed by atoms with van der Waals surface area (Å²) in [5, 5.41) is 4.03. The molecule has 0 saturated carbocycles. The van der Waals surface area contributed by atoms with Gasteiger partial charge in [0.25, 0.3) is 0 Å². The Morgan fingerprint density at radius 3 is 0.885 bits per heavy atom. The van der Waals surface area contributed by atoms with E-state index in [9.17, 15) is 0 Å². The maximum absolute atomic E-state index is 6.65. The van der Waals surface area contributed by atoms with Gasteiger partial charge in [-0.1, -0.05) is 0 Å². The molecule has 0 radical (unpaired) electrons. The molecule has 6 aromatic rings. The Balaban J connectivity index is 1.38. The number of rotatable bonds is 47. The van der Waals surface area contributed by atoms with E-state index in [0.29, 0.717) is 170 Å². The average molecular weight is 1200 g/mol. The summed E-state index contributed by atoms with van der Waals surface area (Å²) in [5.74, 6) is 4.37. The molecule has 6 rings (SSSR count). The molecule has 0 aliphatic rings. The van der Waals surface area contributed by atoms with Gasteiger partial charge in [-0.2, -0.15) is 0 Å². The van der Waals surface area contributed by atoms with E-state index < -0.39 is 0 Å². The van der Waals surface area contributed by atoms with Gasteiger partial charge in [0.15, 0.2) is 0 Å². The van der Waals surface area contributed by atoms with Gasteiger partial charge in [-0.15, -0.1) is 68.0 Å². The molecule has 78 heavy (non-hydrogen) atoms. The van der Waals surface area contributed by atoms with E-state index >= 15 is 0 Å². The maximum atomic E-state index is 6.65. The Kier molecular flexibility index (Phi) is 31.3. The molecule has 0 atom stereocenters. The first-order valence-electron chi connectivity index (χ1n) is 25.4. The quantitative estimate of drug-likeness (QED) is 0.0331. The molecule has 0 unspecified atom stereocenters. The summed E-state index contributed by atoms with van der Waals surface area (Å²) >= 11 is 9.69. The number of hydrogen-bond acceptors (Lipinski definition) is 24. The van der Waals surface area contributed by atoms with Crippen LogP contribution in [0.4, 0.5) is 0 Å². The van der Waals surface area contributed by atoms with Crippen LogP contribution in [0.15, 0.2) is 47.2 Å². The van der Waals surface area contributed by atoms with Crippen LogP contribution in [0.5, 0.6) is 34.5 Å². The van der Waals surface area contributed by atoms with Crippen molar-refractivity contribution in [2.45, 2.75) is 0 Å². The van der Waals surface area contributed by atoms with Gasteiger partial charge in [0.1, 0.15) is 74.1 Å². The predicted octanol–water partition coefficient (Wildman–Crippen LogP) is 10.6. The molecular weight excluding hydrogens is 1130 g/mol. The topological polar surface area (TPSA) is 166 Å². The molecule has 0 fully saturated rings. The third-order valence-electron chi connectivity index (χ3n) is 10.6. The summed E-state index contributed by atoms with van der Waals surface area (Å²) < 4.78 is 104. The summed E-state index contributed by atoms with van der Waals surface area (Å²) in [7, 11) is 9.92. The van der Waals surface area contributed by atoms with E-state index in [-0.39, 0.29) is 0 Å². The standard InChI is InChI=1S/C54H74O18S6/c1-55-8-14-61-20-26-67-39-33-45(74-38-39)51-41(69-28-22-63-16-10-57-3)35-47(76-51)53-43(71-30-24-65-18-12-59-5)37-49(78-53)54-44(72-31-25-66-19-13-60-6)36-48(77-54)52-42(70-29-23-64-17-11-58-4)34-46(75-52)50-40(7-32-73-50)68-27-21-62-15-9-56-2/h7,32-38H,8-31H2,1-6H3. The number of thiophene rings is 6. The lowest BCUT2D eigenvalue weighted by Gasteiger charge is -2.07. The van der Waals surface area contributed by atoms with Crippen molar-refractivity contribution >= 4 is 68.0 Å². The lowest BCUT2D eigenvalue weighted by atomic mass is 10.2. The van der Waals surface area contributed by atoms with Crippen LogP contribution in [0.2, 0.25) is 0 Å². The molecule has 6 heterocycles. The van der Waals surface area contributed by atoms with E-state index in [1.165, 1.54) is 0 Å². The third-order valence-corrected chi connectivity index (χ3v) is 17.8. The second-order valence-corrected chi connectivity index (χ2v) is 22.2. The van der Waals surface area contributed by atoms with Gasteiger partial charge in [0, 0.05) is 72.3 Å². The largest absolute Gasteiger partial charge is 0.490 e. The van der Waals surface area contributed by atoms with Crippen LogP contribution in [-0.2, 0) is 56.8 Å². The lowest BCUT2D eigenvalue weighted by molar-refractivity contribution is 0.0544. The second kappa shape index (κ2) is 38.3. The fourth-order valence-corrected chi connectivity index (χ4v) is 13.5. The molecule has 18 nitrogen and oxygen atoms in total. The Labute approximate surface area is 482 Å². The van der Waals surface area contributed by atoms with Crippen LogP contribution in [0.3, 0.4) is 0 Å². The van der Waals surface area contributed by atoms with Gasteiger partial charge in [0.2, 0.25) is 0 Å². The highest BCUT2D eigenvalue weighted by Gasteiger charge is 2.26. The van der Waals surface area contributed by atoms with Crippen LogP contribution >= 0.6 is 68.0 Å². The first-order valence-corrected chi connectivity index (χ1v) is 30.4. The van der Waals surface area contributed by atoms with Crippen LogP contribution < -0.4 is 28.4 Å². The molecule has 0 aliphatic heterocycles. The van der Waals surface area contributed by atoms with Crippen molar-refractivity contribution in [3.8, 4) is 83.3 Å². The third kappa shape index (κ3) is 21.4. The Bertz CT molecular complexity index is 2490. The smallest absolute Gasteiger partial charge is 0.139 e. The first-order chi connectivity index (χ1) is 38.5. The van der Waals surface area contributed by atoms with E-state index in [2.05, 4.69) is 24.3 Å². The summed E-state index contributed by atoms with van der Waals surface area (Å²) in [6.07, 6.45) is 0. The van der Waals surface area contributed by atoms with Gasteiger partial charge in [-0.3, -0.25) is 0 Å². The maximum Gasteiger partial charge on any atom is 0.139 e. The SMILES string of the molecule is COCCOCCOc1csc(-c2sc(-c3sc(-c4sc(-c5sc(-c6sccc6OCCOCCOC)cc5OCCOCCOC)cc4OCCOCCOC)cc3OCCOCCOC)cc2OCCOCCOC)c1. The van der Waals surface area contributed by atoms with Crippen molar-refractivity contribution in [1.82, 2.24) is 0 Å². The van der Waals surface area contributed by atoms with Crippen LogP contribution in [-0.4, -0.2) is 201 Å². The Morgan fingerprint density at radius 2 is 0.551 bits per heavy atom. The summed E-state index contributed by atoms with van der Waals surface area (Å²) in [5.41, 5.74) is 0. The molecule has 0 bridgehead atoms. The average Bonchev–Trinajstić information content (AvgIpc) is 4.34. The summed E-state index contributed by atoms with van der Waals surface area (Å²) in [4.78, 5) is 9.60. The van der Waals surface area contributed by atoms with Crippen LogP contribution in [0.1, 0.15) is 0 Å². The molecule has 0 aromatic carbocycles. The minimum absolute atomic E-state index is 0.313. The van der Waals surface area contributed by atoms with Gasteiger partial charge in [0.05, 0.1) is 168 Å². The summed E-state index contributed by atoms with van der Waals surface area (Å²) in [6, 6.07) is 12.4. The molecule has 434 valence electrons. The van der Waals surface area contributed by atoms with E-state index in [0.717, 1.165) is 71.8 Å². The zero-order valence-corrected chi connectivity index (χ0v) is 50.3. The molecule has 0 saturated heterocycles. The minimum atomic E-state index is 0.313. The zero-order valence-electron chi connectivity index (χ0n) is 45.4. The molecule has 6 aromatic heterocycles. The first kappa shape index (κ1) is 63.7. The number of methoxy groups -OCH3 is 6. The van der Waals surface area contributed by atoms with Crippen molar-refractivity contribution in [2.24, 2.45) is 0 Å². The monoisotopic (exact) mass is 1200 g/mol. The van der Waals surface area contributed by atoms with E-state index in [1.54, 1.807) is 111 Å². The zero-order chi connectivity index (χ0) is 54.8. The number of ether oxygens (including phenoxy) is 18. The highest BCUT2D eigenvalue weighted by Crippen LogP contribution is 2.56. The Morgan fingerprint density at radius 1 is 0.269 bits per heavy atom. The minimum Gasteiger partial charge on any atom is -0.490 e. The van der Waals surface area contributed by atoms with Gasteiger partial charge in [-0.25, -0.2) is 0 Å². The Hall–Kier alpha value is -3.48. The number of hydrogen-bond donors (Lipinski definition) is 0. The van der Waals surface area contributed by atoms with E-state index in [1.807, 2.05) is 22.9 Å².